The van der Waals surface area contributed by atoms with Crippen LogP contribution in [0.25, 0.3) is 10.1 Å². The van der Waals surface area contributed by atoms with Crippen LogP contribution in [0.3, 0.4) is 0 Å². The molecule has 0 spiro atoms. The molecule has 0 saturated heterocycles. The van der Waals surface area contributed by atoms with Crippen molar-refractivity contribution in [2.45, 2.75) is 32.1 Å². The molecule has 23 heavy (non-hydrogen) atoms. The van der Waals surface area contributed by atoms with Crippen LogP contribution in [0.1, 0.15) is 40.9 Å². The molecule has 124 valence electrons. The van der Waals surface area contributed by atoms with E-state index >= 15 is 0 Å². The Morgan fingerprint density at radius 2 is 2.04 bits per heavy atom. The van der Waals surface area contributed by atoms with E-state index in [9.17, 15) is 4.79 Å². The molecule has 1 aromatic carbocycles. The number of carbonyl (C=O) groups excluding carboxylic acids is 1. The fourth-order valence-electron chi connectivity index (χ4n) is 3.26. The van der Waals surface area contributed by atoms with E-state index in [0.717, 1.165) is 27.8 Å². The molecule has 0 bridgehead atoms. The first-order valence-corrected chi connectivity index (χ1v) is 8.89. The van der Waals surface area contributed by atoms with Gasteiger partial charge in [-0.2, -0.15) is 0 Å². The first-order valence-electron chi connectivity index (χ1n) is 8.07. The molecule has 0 atom stereocenters. The smallest absolute Gasteiger partial charge is 0.260 e. The molecule has 1 saturated carbocycles. The van der Waals surface area contributed by atoms with Gasteiger partial charge in [-0.1, -0.05) is 12.8 Å². The van der Waals surface area contributed by atoms with Gasteiger partial charge in [-0.15, -0.1) is 11.3 Å². The number of fused-ring (bicyclic) bond motifs is 1. The SMILES string of the molecule is NCCc1cc(OCC2CCCC2)c2c(N)c(C(N)=O)sc2c1. The summed E-state index contributed by atoms with van der Waals surface area (Å²) in [6, 6.07) is 4.02. The average Bonchev–Trinajstić information content (AvgIpc) is 3.13. The Kier molecular flexibility index (Phi) is 4.73. The Labute approximate surface area is 139 Å². The minimum atomic E-state index is -0.495. The number of nitrogen functional groups attached to an aromatic ring is 1. The third-order valence-corrected chi connectivity index (χ3v) is 5.62. The van der Waals surface area contributed by atoms with Crippen LogP contribution in [-0.2, 0) is 6.42 Å². The lowest BCUT2D eigenvalue weighted by molar-refractivity contribution is 0.100. The number of primary amides is 1. The molecule has 0 aliphatic heterocycles. The number of rotatable bonds is 6. The van der Waals surface area contributed by atoms with E-state index in [1.54, 1.807) is 0 Å². The largest absolute Gasteiger partial charge is 0.493 e. The maximum atomic E-state index is 11.6. The molecule has 6 N–H and O–H groups in total. The third kappa shape index (κ3) is 3.28. The predicted molar refractivity (Wildman–Crippen MR) is 95.0 cm³/mol. The van der Waals surface area contributed by atoms with E-state index in [0.29, 0.717) is 29.6 Å². The van der Waals surface area contributed by atoms with Crippen LogP contribution in [0.15, 0.2) is 12.1 Å². The van der Waals surface area contributed by atoms with Crippen molar-refractivity contribution >= 4 is 33.0 Å². The van der Waals surface area contributed by atoms with E-state index in [1.165, 1.54) is 37.0 Å². The van der Waals surface area contributed by atoms with Crippen LogP contribution in [-0.4, -0.2) is 19.1 Å². The summed E-state index contributed by atoms with van der Waals surface area (Å²) in [5.41, 5.74) is 18.8. The monoisotopic (exact) mass is 333 g/mol. The summed E-state index contributed by atoms with van der Waals surface area (Å²) in [5, 5.41) is 0.808. The normalized spacial score (nSPS) is 15.3. The van der Waals surface area contributed by atoms with Gasteiger partial charge in [0, 0.05) is 4.70 Å². The number of benzene rings is 1. The lowest BCUT2D eigenvalue weighted by Gasteiger charge is -2.14. The highest BCUT2D eigenvalue weighted by Crippen LogP contribution is 2.41. The second-order valence-corrected chi connectivity index (χ2v) is 7.23. The zero-order valence-corrected chi connectivity index (χ0v) is 14.0. The minimum absolute atomic E-state index is 0.399. The molecule has 1 aliphatic carbocycles. The minimum Gasteiger partial charge on any atom is -0.493 e. The van der Waals surface area contributed by atoms with Crippen molar-refractivity contribution in [2.75, 3.05) is 18.9 Å². The number of thiophene rings is 1. The fraction of sp³-hybridized carbons (Fsp3) is 0.471. The van der Waals surface area contributed by atoms with Crippen molar-refractivity contribution in [1.29, 1.82) is 0 Å². The van der Waals surface area contributed by atoms with E-state index in [-0.39, 0.29) is 0 Å². The Balaban J connectivity index is 1.99. The number of carbonyl (C=O) groups is 1. The molecule has 1 heterocycles. The van der Waals surface area contributed by atoms with Crippen LogP contribution in [0, 0.1) is 5.92 Å². The summed E-state index contributed by atoms with van der Waals surface area (Å²) < 4.78 is 7.03. The van der Waals surface area contributed by atoms with Gasteiger partial charge in [0.05, 0.1) is 17.7 Å². The molecule has 0 unspecified atom stereocenters. The number of hydrogen-bond acceptors (Lipinski definition) is 5. The zero-order chi connectivity index (χ0) is 16.4. The lowest BCUT2D eigenvalue weighted by atomic mass is 10.1. The highest BCUT2D eigenvalue weighted by atomic mass is 32.1. The van der Waals surface area contributed by atoms with Crippen LogP contribution in [0.2, 0.25) is 0 Å². The maximum absolute atomic E-state index is 11.6. The molecule has 2 aromatic rings. The number of nitrogens with two attached hydrogens (primary N) is 3. The summed E-state index contributed by atoms with van der Waals surface area (Å²) >= 11 is 1.32. The van der Waals surface area contributed by atoms with Crippen LogP contribution < -0.4 is 21.9 Å². The van der Waals surface area contributed by atoms with Crippen LogP contribution in [0.5, 0.6) is 5.75 Å². The third-order valence-electron chi connectivity index (χ3n) is 4.46. The first-order chi connectivity index (χ1) is 11.1. The Morgan fingerprint density at radius 1 is 1.30 bits per heavy atom. The van der Waals surface area contributed by atoms with Gasteiger partial charge in [0.15, 0.2) is 0 Å². The van der Waals surface area contributed by atoms with Crippen LogP contribution >= 0.6 is 11.3 Å². The molecule has 1 aliphatic rings. The highest BCUT2D eigenvalue weighted by Gasteiger charge is 2.20. The van der Waals surface area contributed by atoms with Gasteiger partial charge in [0.25, 0.3) is 5.91 Å². The van der Waals surface area contributed by atoms with Gasteiger partial charge in [0.2, 0.25) is 0 Å². The van der Waals surface area contributed by atoms with Crippen molar-refractivity contribution in [2.24, 2.45) is 17.4 Å². The van der Waals surface area contributed by atoms with E-state index in [4.69, 9.17) is 21.9 Å². The standard InChI is InChI=1S/C17H23N3O2S/c18-6-5-11-7-12(22-9-10-3-1-2-4-10)14-13(8-11)23-16(15(14)19)17(20)21/h7-8,10H,1-6,9,18-19H2,(H2,20,21). The first kappa shape index (κ1) is 16.1. The Bertz CT molecular complexity index is 720. The number of ether oxygens (including phenoxy) is 1. The molecular formula is C17H23N3O2S. The summed E-state index contributed by atoms with van der Waals surface area (Å²) in [6.45, 7) is 1.26. The van der Waals surface area contributed by atoms with Crippen molar-refractivity contribution in [3.63, 3.8) is 0 Å². The van der Waals surface area contributed by atoms with Crippen molar-refractivity contribution < 1.29 is 9.53 Å². The van der Waals surface area contributed by atoms with Gasteiger partial charge < -0.3 is 21.9 Å². The van der Waals surface area contributed by atoms with Gasteiger partial charge >= 0.3 is 0 Å². The summed E-state index contributed by atoms with van der Waals surface area (Å²) in [5.74, 6) is 0.864. The van der Waals surface area contributed by atoms with Crippen molar-refractivity contribution in [1.82, 2.24) is 0 Å². The summed E-state index contributed by atoms with van der Waals surface area (Å²) in [4.78, 5) is 12.0. The van der Waals surface area contributed by atoms with E-state index in [2.05, 4.69) is 0 Å². The molecule has 6 heteroatoms. The number of anilines is 1. The zero-order valence-electron chi connectivity index (χ0n) is 13.1. The van der Waals surface area contributed by atoms with Gasteiger partial charge in [-0.25, -0.2) is 0 Å². The number of amides is 1. The molecule has 3 rings (SSSR count). The second kappa shape index (κ2) is 6.76. The van der Waals surface area contributed by atoms with Crippen molar-refractivity contribution in [3.8, 4) is 5.75 Å². The highest BCUT2D eigenvalue weighted by molar-refractivity contribution is 7.21. The lowest BCUT2D eigenvalue weighted by Crippen LogP contribution is -2.11. The van der Waals surface area contributed by atoms with E-state index < -0.39 is 5.91 Å². The van der Waals surface area contributed by atoms with Crippen LogP contribution in [0.4, 0.5) is 5.69 Å². The molecule has 1 fully saturated rings. The molecular weight excluding hydrogens is 310 g/mol. The topological polar surface area (TPSA) is 104 Å². The molecule has 5 nitrogen and oxygen atoms in total. The van der Waals surface area contributed by atoms with E-state index in [1.807, 2.05) is 12.1 Å². The average molecular weight is 333 g/mol. The maximum Gasteiger partial charge on any atom is 0.260 e. The number of hydrogen-bond donors (Lipinski definition) is 3. The Hall–Kier alpha value is -1.79. The predicted octanol–water partition coefficient (Wildman–Crippen LogP) is 2.65. The van der Waals surface area contributed by atoms with Gasteiger partial charge in [0.1, 0.15) is 10.6 Å². The molecule has 0 radical (unpaired) electrons. The fourth-order valence-corrected chi connectivity index (χ4v) is 4.32. The molecule has 1 amide bonds. The van der Waals surface area contributed by atoms with Crippen molar-refractivity contribution in [3.05, 3.63) is 22.6 Å². The summed E-state index contributed by atoms with van der Waals surface area (Å²) in [7, 11) is 0. The van der Waals surface area contributed by atoms with Gasteiger partial charge in [-0.3, -0.25) is 4.79 Å². The Morgan fingerprint density at radius 3 is 2.70 bits per heavy atom. The van der Waals surface area contributed by atoms with Gasteiger partial charge in [-0.05, 0) is 49.4 Å². The quantitative estimate of drug-likeness (QED) is 0.756. The second-order valence-electron chi connectivity index (χ2n) is 6.18. The summed E-state index contributed by atoms with van der Waals surface area (Å²) in [6.07, 6.45) is 5.76. The molecule has 1 aromatic heterocycles.